The van der Waals surface area contributed by atoms with Crippen LogP contribution in [0.2, 0.25) is 0 Å². The van der Waals surface area contributed by atoms with Gasteiger partial charge >= 0.3 is 0 Å². The van der Waals surface area contributed by atoms with Gasteiger partial charge in [-0.3, -0.25) is 0 Å². The lowest BCUT2D eigenvalue weighted by molar-refractivity contribution is 0.389. The van der Waals surface area contributed by atoms with Gasteiger partial charge in [-0.2, -0.15) is 5.10 Å². The van der Waals surface area contributed by atoms with E-state index in [2.05, 4.69) is 39.1 Å². The number of hydrogen-bond acceptors (Lipinski definition) is 4. The Balaban J connectivity index is 1.65. The molecule has 0 aliphatic heterocycles. The lowest BCUT2D eigenvalue weighted by Gasteiger charge is -2.11. The third-order valence-corrected chi connectivity index (χ3v) is 4.78. The van der Waals surface area contributed by atoms with E-state index in [1.807, 2.05) is 66.6 Å². The molecule has 0 radical (unpaired) electrons. The number of imidazole rings is 1. The molecule has 6 nitrogen and oxygen atoms in total. The van der Waals surface area contributed by atoms with Crippen molar-refractivity contribution in [1.82, 2.24) is 24.5 Å². The van der Waals surface area contributed by atoms with Gasteiger partial charge in [0.1, 0.15) is 11.5 Å². The number of nitrogens with zero attached hydrogens (tertiary/aromatic N) is 5. The van der Waals surface area contributed by atoms with Crippen LogP contribution in [0.5, 0.6) is 0 Å². The summed E-state index contributed by atoms with van der Waals surface area (Å²) in [4.78, 5) is 4.74. The van der Waals surface area contributed by atoms with Crippen molar-refractivity contribution in [2.75, 3.05) is 0 Å². The Kier molecular flexibility index (Phi) is 4.29. The van der Waals surface area contributed by atoms with Gasteiger partial charge in [0.25, 0.3) is 0 Å². The number of aryl methyl sites for hydroxylation is 1. The van der Waals surface area contributed by atoms with Crippen LogP contribution >= 0.6 is 0 Å². The maximum atomic E-state index is 5.25. The van der Waals surface area contributed by atoms with Crippen molar-refractivity contribution in [2.45, 2.75) is 13.5 Å². The van der Waals surface area contributed by atoms with Crippen LogP contribution in [-0.4, -0.2) is 24.5 Å². The van der Waals surface area contributed by atoms with Crippen LogP contribution in [0.15, 0.2) is 90.0 Å². The van der Waals surface area contributed by atoms with Crippen LogP contribution in [0, 0.1) is 6.92 Å². The molecule has 0 saturated heterocycles. The molecule has 29 heavy (non-hydrogen) atoms. The molecule has 0 spiro atoms. The summed E-state index contributed by atoms with van der Waals surface area (Å²) in [6.45, 7) is 2.48. The molecule has 5 rings (SSSR count). The smallest absolute Gasteiger partial charge is 0.133 e. The normalized spacial score (nSPS) is 11.1. The average molecular weight is 381 g/mol. The van der Waals surface area contributed by atoms with Crippen molar-refractivity contribution in [2.24, 2.45) is 0 Å². The molecule has 5 aromatic rings. The minimum Gasteiger partial charge on any atom is -0.361 e. The Morgan fingerprint density at radius 3 is 2.55 bits per heavy atom. The Morgan fingerprint density at radius 1 is 0.931 bits per heavy atom. The summed E-state index contributed by atoms with van der Waals surface area (Å²) in [5, 5.41) is 8.50. The van der Waals surface area contributed by atoms with Crippen molar-refractivity contribution in [3.63, 3.8) is 0 Å². The molecule has 0 aliphatic carbocycles. The van der Waals surface area contributed by atoms with Gasteiger partial charge in [-0.15, -0.1) is 0 Å². The third-order valence-electron chi connectivity index (χ3n) is 4.78. The Labute approximate surface area is 168 Å². The highest BCUT2D eigenvalue weighted by Crippen LogP contribution is 2.32. The molecule has 6 heteroatoms. The summed E-state index contributed by atoms with van der Waals surface area (Å²) in [6.07, 6.45) is 5.58. The van der Waals surface area contributed by atoms with Crippen LogP contribution in [0.1, 0.15) is 11.5 Å². The summed E-state index contributed by atoms with van der Waals surface area (Å²) in [7, 11) is 0. The predicted molar refractivity (Wildman–Crippen MR) is 111 cm³/mol. The fourth-order valence-corrected chi connectivity index (χ4v) is 3.50. The first kappa shape index (κ1) is 17.2. The molecule has 0 unspecified atom stereocenters. The molecule has 0 saturated carbocycles. The van der Waals surface area contributed by atoms with Gasteiger partial charge in [0.15, 0.2) is 0 Å². The van der Waals surface area contributed by atoms with Crippen LogP contribution < -0.4 is 0 Å². The van der Waals surface area contributed by atoms with Crippen molar-refractivity contribution < 1.29 is 4.52 Å². The first-order valence-electron chi connectivity index (χ1n) is 9.41. The lowest BCUT2D eigenvalue weighted by atomic mass is 10.0. The Morgan fingerprint density at radius 2 is 1.79 bits per heavy atom. The van der Waals surface area contributed by atoms with Crippen molar-refractivity contribution in [3.05, 3.63) is 96.9 Å². The fourth-order valence-electron chi connectivity index (χ4n) is 3.50. The first-order valence-corrected chi connectivity index (χ1v) is 9.41. The van der Waals surface area contributed by atoms with Crippen LogP contribution in [0.25, 0.3) is 28.2 Å². The Bertz CT molecular complexity index is 1240. The second-order valence-electron chi connectivity index (χ2n) is 6.87. The fraction of sp³-hybridized carbons (Fsp3) is 0.0870. The summed E-state index contributed by atoms with van der Waals surface area (Å²) < 4.78 is 9.21. The summed E-state index contributed by atoms with van der Waals surface area (Å²) in [5.74, 6) is 0.797. The van der Waals surface area contributed by atoms with Crippen LogP contribution in [0.4, 0.5) is 0 Å². The number of aromatic nitrogens is 5. The number of rotatable bonds is 5. The zero-order chi connectivity index (χ0) is 19.6. The summed E-state index contributed by atoms with van der Waals surface area (Å²) in [6, 6.07) is 22.4. The quantitative estimate of drug-likeness (QED) is 0.441. The minimum absolute atomic E-state index is 0.582. The van der Waals surface area contributed by atoms with Gasteiger partial charge < -0.3 is 9.09 Å². The van der Waals surface area contributed by atoms with Crippen LogP contribution in [0.3, 0.4) is 0 Å². The van der Waals surface area contributed by atoms with Crippen molar-refractivity contribution >= 4 is 0 Å². The van der Waals surface area contributed by atoms with E-state index in [0.717, 1.165) is 39.7 Å². The van der Waals surface area contributed by atoms with E-state index in [0.29, 0.717) is 6.54 Å². The van der Waals surface area contributed by atoms with Crippen LogP contribution in [-0.2, 0) is 6.54 Å². The van der Waals surface area contributed by atoms with E-state index in [1.54, 1.807) is 6.20 Å². The molecule has 142 valence electrons. The molecule has 0 N–H and O–H groups in total. The third kappa shape index (κ3) is 3.36. The largest absolute Gasteiger partial charge is 0.361 e. The van der Waals surface area contributed by atoms with E-state index in [1.165, 1.54) is 0 Å². The standard InChI is InChI=1S/C23H19N5O/c1-17-13-20(26-29-17)15-27-16-24-22(18-7-3-2-4-8-18)23(27)19-9-5-10-21(14-19)28-12-6-11-25-28/h2-14,16H,15H2,1H3. The summed E-state index contributed by atoms with van der Waals surface area (Å²) >= 11 is 0. The molecule has 2 aromatic carbocycles. The van der Waals surface area contributed by atoms with E-state index >= 15 is 0 Å². The molecule has 0 bridgehead atoms. The van der Waals surface area contributed by atoms with Gasteiger partial charge in [-0.1, -0.05) is 47.6 Å². The molecule has 0 fully saturated rings. The molecule has 0 amide bonds. The topological polar surface area (TPSA) is 61.7 Å². The highest BCUT2D eigenvalue weighted by Gasteiger charge is 2.17. The van der Waals surface area contributed by atoms with Gasteiger partial charge in [0.05, 0.1) is 29.9 Å². The molecule has 0 atom stereocenters. The molecule has 0 aliphatic rings. The van der Waals surface area contributed by atoms with Crippen molar-refractivity contribution in [1.29, 1.82) is 0 Å². The zero-order valence-corrected chi connectivity index (χ0v) is 15.9. The molecule has 3 aromatic heterocycles. The van der Waals surface area contributed by atoms with E-state index in [9.17, 15) is 0 Å². The average Bonchev–Trinajstić information content (AvgIpc) is 3.50. The minimum atomic E-state index is 0.582. The predicted octanol–water partition coefficient (Wildman–Crippen LogP) is 4.75. The van der Waals surface area contributed by atoms with E-state index in [-0.39, 0.29) is 0 Å². The van der Waals surface area contributed by atoms with E-state index in [4.69, 9.17) is 9.51 Å². The van der Waals surface area contributed by atoms with Gasteiger partial charge in [-0.05, 0) is 25.1 Å². The lowest BCUT2D eigenvalue weighted by Crippen LogP contribution is -2.02. The summed E-state index contributed by atoms with van der Waals surface area (Å²) in [5.41, 5.74) is 5.96. The first-order chi connectivity index (χ1) is 14.3. The SMILES string of the molecule is Cc1cc(Cn2cnc(-c3ccccc3)c2-c2cccc(-n3cccn3)c2)no1. The highest BCUT2D eigenvalue weighted by atomic mass is 16.5. The monoisotopic (exact) mass is 381 g/mol. The van der Waals surface area contributed by atoms with Gasteiger partial charge in [0, 0.05) is 29.6 Å². The number of hydrogen-bond donors (Lipinski definition) is 0. The Hall–Kier alpha value is -3.93. The second kappa shape index (κ2) is 7.24. The number of benzene rings is 2. The van der Waals surface area contributed by atoms with Gasteiger partial charge in [0.2, 0.25) is 0 Å². The molecular formula is C23H19N5O. The maximum absolute atomic E-state index is 5.25. The second-order valence-corrected chi connectivity index (χ2v) is 6.87. The molecular weight excluding hydrogens is 362 g/mol. The zero-order valence-electron chi connectivity index (χ0n) is 15.9. The van der Waals surface area contributed by atoms with Crippen molar-refractivity contribution in [3.8, 4) is 28.2 Å². The van der Waals surface area contributed by atoms with E-state index < -0.39 is 0 Å². The maximum Gasteiger partial charge on any atom is 0.133 e. The van der Waals surface area contributed by atoms with Gasteiger partial charge in [-0.25, -0.2) is 9.67 Å². The highest BCUT2D eigenvalue weighted by molar-refractivity contribution is 5.79. The molecule has 3 heterocycles.